The summed E-state index contributed by atoms with van der Waals surface area (Å²) in [4.78, 5) is 17.8. The summed E-state index contributed by atoms with van der Waals surface area (Å²) in [6.45, 7) is 11.4. The first kappa shape index (κ1) is 22.8. The Morgan fingerprint density at radius 2 is 1.74 bits per heavy atom. The molecular weight excluding hydrogens is 340 g/mol. The van der Waals surface area contributed by atoms with Crippen molar-refractivity contribution in [3.63, 3.8) is 0 Å². The first-order valence-corrected chi connectivity index (χ1v) is 9.73. The Balaban J connectivity index is 2.77. The number of nitrogens with one attached hydrogen (secondary N) is 2. The Hall–Kier alpha value is -2.24. The molecule has 6 nitrogen and oxygen atoms in total. The zero-order valence-corrected chi connectivity index (χ0v) is 17.9. The Kier molecular flexibility index (Phi) is 9.68. The highest BCUT2D eigenvalue weighted by Crippen LogP contribution is 2.18. The number of likely N-dealkylation sites (N-methyl/N-ethyl adjacent to an activating group) is 1. The van der Waals surface area contributed by atoms with E-state index in [-0.39, 0.29) is 24.5 Å². The molecule has 1 aromatic rings. The van der Waals surface area contributed by atoms with Crippen LogP contribution in [0.25, 0.3) is 0 Å². The molecule has 27 heavy (non-hydrogen) atoms. The highest BCUT2D eigenvalue weighted by Gasteiger charge is 2.12. The van der Waals surface area contributed by atoms with Crippen LogP contribution in [0.1, 0.15) is 52.6 Å². The fourth-order valence-electron chi connectivity index (χ4n) is 2.16. The van der Waals surface area contributed by atoms with Gasteiger partial charge in [0.25, 0.3) is 0 Å². The van der Waals surface area contributed by atoms with E-state index >= 15 is 0 Å². The molecule has 2 atom stereocenters. The van der Waals surface area contributed by atoms with Crippen LogP contribution in [-0.2, 0) is 4.79 Å². The molecule has 0 spiro atoms. The smallest absolute Gasteiger partial charge is 0.243 e. The van der Waals surface area contributed by atoms with Gasteiger partial charge in [0.05, 0.1) is 12.6 Å². The largest absolute Gasteiger partial charge is 0.493 e. The van der Waals surface area contributed by atoms with Crippen molar-refractivity contribution in [1.82, 2.24) is 15.5 Å². The van der Waals surface area contributed by atoms with E-state index in [1.807, 2.05) is 12.1 Å². The van der Waals surface area contributed by atoms with E-state index in [9.17, 15) is 4.79 Å². The highest BCUT2D eigenvalue weighted by molar-refractivity contribution is 5.85. The van der Waals surface area contributed by atoms with Crippen LogP contribution in [0.4, 0.5) is 0 Å². The topological polar surface area (TPSA) is 66.0 Å². The fraction of sp³-hybridized carbons (Fsp3) is 0.619. The van der Waals surface area contributed by atoms with Gasteiger partial charge in [-0.1, -0.05) is 32.9 Å². The molecule has 0 radical (unpaired) electrons. The van der Waals surface area contributed by atoms with Gasteiger partial charge in [-0.25, -0.2) is 4.99 Å². The molecule has 1 amide bonds. The number of carbonyl (C=O) groups is 1. The minimum Gasteiger partial charge on any atom is -0.493 e. The Labute approximate surface area is 164 Å². The van der Waals surface area contributed by atoms with Crippen molar-refractivity contribution in [1.29, 1.82) is 0 Å². The van der Waals surface area contributed by atoms with Crippen LogP contribution in [0.2, 0.25) is 0 Å². The highest BCUT2D eigenvalue weighted by atomic mass is 16.5. The van der Waals surface area contributed by atoms with E-state index < -0.39 is 0 Å². The van der Waals surface area contributed by atoms with Gasteiger partial charge in [-0.2, -0.15) is 0 Å². The van der Waals surface area contributed by atoms with Gasteiger partial charge < -0.3 is 20.3 Å². The summed E-state index contributed by atoms with van der Waals surface area (Å²) >= 11 is 0. The van der Waals surface area contributed by atoms with Gasteiger partial charge in [0.15, 0.2) is 5.96 Å². The van der Waals surface area contributed by atoms with E-state index in [1.54, 1.807) is 19.0 Å². The van der Waals surface area contributed by atoms with Crippen LogP contribution < -0.4 is 15.4 Å². The fourth-order valence-corrected chi connectivity index (χ4v) is 2.16. The number of amides is 1. The minimum atomic E-state index is -0.0282. The van der Waals surface area contributed by atoms with E-state index in [4.69, 9.17) is 4.74 Å². The molecule has 0 saturated heterocycles. The molecule has 1 aromatic carbocycles. The second-order valence-electron chi connectivity index (χ2n) is 7.55. The minimum absolute atomic E-state index is 0.0282. The average Bonchev–Trinajstić information content (AvgIpc) is 2.64. The maximum absolute atomic E-state index is 11.9. The van der Waals surface area contributed by atoms with Crippen LogP contribution in [-0.4, -0.2) is 50.1 Å². The molecule has 0 saturated carbocycles. The SMILES string of the molecule is CCC(C)NC(=NCC(=O)N(C)C)NC(C)c1ccc(OCC(C)C)cc1. The third kappa shape index (κ3) is 8.80. The lowest BCUT2D eigenvalue weighted by Crippen LogP contribution is -2.43. The third-order valence-corrected chi connectivity index (χ3v) is 4.18. The molecule has 0 aliphatic rings. The van der Waals surface area contributed by atoms with Crippen molar-refractivity contribution in [2.45, 2.75) is 53.1 Å². The molecule has 0 aliphatic carbocycles. The predicted molar refractivity (Wildman–Crippen MR) is 112 cm³/mol. The summed E-state index contributed by atoms with van der Waals surface area (Å²) < 4.78 is 5.74. The number of ether oxygens (including phenoxy) is 1. The third-order valence-electron chi connectivity index (χ3n) is 4.18. The first-order valence-electron chi connectivity index (χ1n) is 9.73. The molecule has 0 bridgehead atoms. The monoisotopic (exact) mass is 376 g/mol. The second-order valence-corrected chi connectivity index (χ2v) is 7.55. The molecule has 152 valence electrons. The number of carbonyl (C=O) groups excluding carboxylic acids is 1. The summed E-state index contributed by atoms with van der Waals surface area (Å²) in [6, 6.07) is 8.41. The van der Waals surface area contributed by atoms with Crippen molar-refractivity contribution in [3.05, 3.63) is 29.8 Å². The Morgan fingerprint density at radius 3 is 2.26 bits per heavy atom. The van der Waals surface area contributed by atoms with Crippen molar-refractivity contribution >= 4 is 11.9 Å². The summed E-state index contributed by atoms with van der Waals surface area (Å²) in [5.41, 5.74) is 1.13. The number of hydrogen-bond acceptors (Lipinski definition) is 3. The molecule has 2 N–H and O–H groups in total. The molecule has 1 rings (SSSR count). The van der Waals surface area contributed by atoms with Gasteiger partial charge in [-0.05, 0) is 43.9 Å². The second kappa shape index (κ2) is 11.5. The maximum Gasteiger partial charge on any atom is 0.243 e. The van der Waals surface area contributed by atoms with Gasteiger partial charge in [0.2, 0.25) is 5.91 Å². The van der Waals surface area contributed by atoms with Crippen LogP contribution in [0.3, 0.4) is 0 Å². The van der Waals surface area contributed by atoms with Crippen LogP contribution in [0.5, 0.6) is 5.75 Å². The van der Waals surface area contributed by atoms with E-state index in [0.717, 1.165) is 17.7 Å². The van der Waals surface area contributed by atoms with Gasteiger partial charge in [0.1, 0.15) is 12.3 Å². The zero-order valence-electron chi connectivity index (χ0n) is 17.9. The van der Waals surface area contributed by atoms with E-state index in [0.29, 0.717) is 18.5 Å². The standard InChI is InChI=1S/C21H36N4O2/c1-8-16(4)23-21(22-13-20(26)25(6)7)24-17(5)18-9-11-19(12-10-18)27-14-15(2)3/h9-12,15-17H,8,13-14H2,1-7H3,(H2,22,23,24). The molecule has 0 aromatic heterocycles. The lowest BCUT2D eigenvalue weighted by Gasteiger charge is -2.22. The van der Waals surface area contributed by atoms with Crippen LogP contribution in [0, 0.1) is 5.92 Å². The molecular formula is C21H36N4O2. The van der Waals surface area contributed by atoms with Gasteiger partial charge in [-0.15, -0.1) is 0 Å². The van der Waals surface area contributed by atoms with Gasteiger partial charge >= 0.3 is 0 Å². The van der Waals surface area contributed by atoms with E-state index in [1.165, 1.54) is 0 Å². The van der Waals surface area contributed by atoms with Crippen molar-refractivity contribution in [2.24, 2.45) is 10.9 Å². The van der Waals surface area contributed by atoms with Crippen LogP contribution >= 0.6 is 0 Å². The average molecular weight is 377 g/mol. The Bertz CT molecular complexity index is 597. The number of rotatable bonds is 9. The molecule has 0 aliphatic heterocycles. The number of guanidine groups is 1. The maximum atomic E-state index is 11.9. The zero-order chi connectivity index (χ0) is 20.4. The van der Waals surface area contributed by atoms with E-state index in [2.05, 4.69) is 62.4 Å². The molecule has 0 heterocycles. The lowest BCUT2D eigenvalue weighted by atomic mass is 10.1. The van der Waals surface area contributed by atoms with Gasteiger partial charge in [0, 0.05) is 20.1 Å². The van der Waals surface area contributed by atoms with Crippen molar-refractivity contribution in [2.75, 3.05) is 27.2 Å². The summed E-state index contributed by atoms with van der Waals surface area (Å²) in [6.07, 6.45) is 0.971. The van der Waals surface area contributed by atoms with Crippen molar-refractivity contribution in [3.8, 4) is 5.75 Å². The normalized spacial score (nSPS) is 13.9. The quantitative estimate of drug-likeness (QED) is 0.513. The predicted octanol–water partition coefficient (Wildman–Crippen LogP) is 3.20. The summed E-state index contributed by atoms with van der Waals surface area (Å²) in [7, 11) is 3.47. The Morgan fingerprint density at radius 1 is 1.11 bits per heavy atom. The number of aliphatic imine (C=N–C) groups is 1. The van der Waals surface area contributed by atoms with Crippen LogP contribution in [0.15, 0.2) is 29.3 Å². The first-order chi connectivity index (χ1) is 12.7. The molecule has 2 unspecified atom stereocenters. The van der Waals surface area contributed by atoms with Crippen molar-refractivity contribution < 1.29 is 9.53 Å². The number of benzene rings is 1. The summed E-state index contributed by atoms with van der Waals surface area (Å²) in [5.74, 6) is 2.00. The molecule has 6 heteroatoms. The lowest BCUT2D eigenvalue weighted by molar-refractivity contribution is -0.127. The van der Waals surface area contributed by atoms with Gasteiger partial charge in [-0.3, -0.25) is 4.79 Å². The number of hydrogen-bond donors (Lipinski definition) is 2. The molecule has 0 fully saturated rings. The number of nitrogens with zero attached hydrogens (tertiary/aromatic N) is 2. The summed E-state index contributed by atoms with van der Waals surface area (Å²) in [5, 5.41) is 6.74.